The zero-order valence-corrected chi connectivity index (χ0v) is 14.4. The van der Waals surface area contributed by atoms with Crippen LogP contribution in [0.2, 0.25) is 10.0 Å². The summed E-state index contributed by atoms with van der Waals surface area (Å²) in [6, 6.07) is 2.45. The van der Waals surface area contributed by atoms with Crippen LogP contribution in [0.15, 0.2) is 17.0 Å². The van der Waals surface area contributed by atoms with Gasteiger partial charge >= 0.3 is 0 Å². The third-order valence-electron chi connectivity index (χ3n) is 3.71. The van der Waals surface area contributed by atoms with Gasteiger partial charge in [-0.2, -0.15) is 0 Å². The average Bonchev–Trinajstić information content (AvgIpc) is 2.92. The van der Waals surface area contributed by atoms with E-state index in [2.05, 4.69) is 0 Å². The Kier molecular flexibility index (Phi) is 5.08. The van der Waals surface area contributed by atoms with Gasteiger partial charge in [0, 0.05) is 23.8 Å². The maximum atomic E-state index is 12.5. The molecule has 0 heterocycles. The zero-order valence-electron chi connectivity index (χ0n) is 11.3. The van der Waals surface area contributed by atoms with Gasteiger partial charge in [0.2, 0.25) is 0 Å². The Balaban J connectivity index is 2.42. The zero-order chi connectivity index (χ0) is 15.8. The van der Waals surface area contributed by atoms with Gasteiger partial charge in [-0.15, -0.1) is 0 Å². The van der Waals surface area contributed by atoms with E-state index >= 15 is 0 Å². The van der Waals surface area contributed by atoms with Crippen LogP contribution in [0.3, 0.4) is 0 Å². The second-order valence-electron chi connectivity index (χ2n) is 5.06. The van der Waals surface area contributed by atoms with E-state index in [1.165, 1.54) is 6.07 Å². The van der Waals surface area contributed by atoms with Crippen LogP contribution >= 0.6 is 33.9 Å². The van der Waals surface area contributed by atoms with E-state index < -0.39 is 9.05 Å². The van der Waals surface area contributed by atoms with Crippen molar-refractivity contribution in [1.82, 2.24) is 4.90 Å². The first-order valence-electron chi connectivity index (χ1n) is 6.42. The highest BCUT2D eigenvalue weighted by Gasteiger charge is 2.27. The maximum Gasteiger partial charge on any atom is 0.261 e. The van der Waals surface area contributed by atoms with Crippen molar-refractivity contribution in [2.75, 3.05) is 7.05 Å². The number of rotatable bonds is 3. The summed E-state index contributed by atoms with van der Waals surface area (Å²) in [5.41, 5.74) is 0.0535. The number of nitrogens with zero attached hydrogens (tertiary/aromatic N) is 1. The van der Waals surface area contributed by atoms with Gasteiger partial charge in [0.25, 0.3) is 15.0 Å². The summed E-state index contributed by atoms with van der Waals surface area (Å²) >= 11 is 12.0. The lowest BCUT2D eigenvalue weighted by Crippen LogP contribution is -2.35. The molecule has 1 aromatic rings. The fraction of sp³-hybridized carbons (Fsp3) is 0.462. The molecule has 0 spiro atoms. The molecule has 1 aromatic carbocycles. The molecule has 1 aliphatic rings. The summed E-state index contributed by atoms with van der Waals surface area (Å²) < 4.78 is 22.9. The molecule has 8 heteroatoms. The van der Waals surface area contributed by atoms with Crippen LogP contribution in [0.1, 0.15) is 36.0 Å². The Morgan fingerprint density at radius 1 is 1.24 bits per heavy atom. The van der Waals surface area contributed by atoms with Crippen molar-refractivity contribution in [1.29, 1.82) is 0 Å². The molecule has 1 aliphatic carbocycles. The topological polar surface area (TPSA) is 54.5 Å². The highest BCUT2D eigenvalue weighted by Crippen LogP contribution is 2.32. The smallest absolute Gasteiger partial charge is 0.261 e. The van der Waals surface area contributed by atoms with Gasteiger partial charge in [-0.25, -0.2) is 8.42 Å². The fourth-order valence-electron chi connectivity index (χ4n) is 2.51. The van der Waals surface area contributed by atoms with E-state index in [1.54, 1.807) is 11.9 Å². The molecule has 0 N–H and O–H groups in total. The van der Waals surface area contributed by atoms with Crippen LogP contribution in [0.4, 0.5) is 0 Å². The number of carbonyl (C=O) groups excluding carboxylic acids is 1. The lowest BCUT2D eigenvalue weighted by molar-refractivity contribution is 0.0735. The Labute approximate surface area is 138 Å². The van der Waals surface area contributed by atoms with E-state index in [4.69, 9.17) is 33.9 Å². The summed E-state index contributed by atoms with van der Waals surface area (Å²) in [4.78, 5) is 13.9. The van der Waals surface area contributed by atoms with Gasteiger partial charge in [0.15, 0.2) is 0 Å². The molecule has 0 atom stereocenters. The molecule has 1 fully saturated rings. The molecule has 2 rings (SSSR count). The molecule has 0 aromatic heterocycles. The number of benzene rings is 1. The Morgan fingerprint density at radius 2 is 1.81 bits per heavy atom. The number of amides is 1. The highest BCUT2D eigenvalue weighted by atomic mass is 35.7. The van der Waals surface area contributed by atoms with Crippen molar-refractivity contribution in [2.45, 2.75) is 36.6 Å². The predicted octanol–water partition coefficient (Wildman–Crippen LogP) is 3.94. The van der Waals surface area contributed by atoms with Gasteiger partial charge < -0.3 is 4.90 Å². The van der Waals surface area contributed by atoms with Crippen LogP contribution in [-0.4, -0.2) is 32.3 Å². The second-order valence-corrected chi connectivity index (χ2v) is 8.41. The normalized spacial score (nSPS) is 16.2. The lowest BCUT2D eigenvalue weighted by atomic mass is 10.1. The maximum absolute atomic E-state index is 12.5. The molecule has 1 amide bonds. The van der Waals surface area contributed by atoms with Gasteiger partial charge in [0.05, 0.1) is 20.5 Å². The minimum Gasteiger partial charge on any atom is -0.339 e. The average molecular weight is 371 g/mol. The van der Waals surface area contributed by atoms with Crippen molar-refractivity contribution >= 4 is 48.8 Å². The van der Waals surface area contributed by atoms with Crippen LogP contribution in [0.25, 0.3) is 0 Å². The number of halogens is 3. The second kappa shape index (κ2) is 6.32. The minimum atomic E-state index is -3.98. The lowest BCUT2D eigenvalue weighted by Gasteiger charge is -2.25. The van der Waals surface area contributed by atoms with Crippen molar-refractivity contribution in [3.05, 3.63) is 27.7 Å². The largest absolute Gasteiger partial charge is 0.339 e. The Morgan fingerprint density at radius 3 is 2.33 bits per heavy atom. The molecule has 4 nitrogen and oxygen atoms in total. The third-order valence-corrected chi connectivity index (χ3v) is 5.84. The number of hydrogen-bond acceptors (Lipinski definition) is 3. The van der Waals surface area contributed by atoms with Crippen molar-refractivity contribution in [3.63, 3.8) is 0 Å². The SMILES string of the molecule is CN(C(=O)c1cc(S(=O)(=O)Cl)cc(Cl)c1Cl)C1CCCC1. The van der Waals surface area contributed by atoms with E-state index in [9.17, 15) is 13.2 Å². The molecule has 0 bridgehead atoms. The molecule has 0 unspecified atom stereocenters. The van der Waals surface area contributed by atoms with Gasteiger partial charge in [0.1, 0.15) is 0 Å². The molecular weight excluding hydrogens is 357 g/mol. The van der Waals surface area contributed by atoms with E-state index in [0.29, 0.717) is 0 Å². The standard InChI is InChI=1S/C13H14Cl3NO3S/c1-17(8-4-2-3-5-8)13(18)10-6-9(21(16,19)20)7-11(14)12(10)15/h6-8H,2-5H2,1H3. The summed E-state index contributed by atoms with van der Waals surface area (Å²) in [7, 11) is 3.01. The number of hydrogen-bond donors (Lipinski definition) is 0. The van der Waals surface area contributed by atoms with Gasteiger partial charge in [-0.05, 0) is 25.0 Å². The third kappa shape index (κ3) is 3.65. The molecule has 0 saturated heterocycles. The van der Waals surface area contributed by atoms with Crippen molar-refractivity contribution in [2.24, 2.45) is 0 Å². The van der Waals surface area contributed by atoms with Crippen LogP contribution in [-0.2, 0) is 9.05 Å². The summed E-state index contributed by atoms with van der Waals surface area (Å²) in [6.07, 6.45) is 4.02. The first-order chi connectivity index (χ1) is 9.71. The van der Waals surface area contributed by atoms with Crippen LogP contribution in [0.5, 0.6) is 0 Å². The highest BCUT2D eigenvalue weighted by molar-refractivity contribution is 8.13. The molecular formula is C13H14Cl3NO3S. The van der Waals surface area contributed by atoms with E-state index in [1.807, 2.05) is 0 Å². The fourth-order valence-corrected chi connectivity index (χ4v) is 3.77. The first-order valence-corrected chi connectivity index (χ1v) is 9.49. The molecule has 116 valence electrons. The Bertz CT molecular complexity index is 669. The van der Waals surface area contributed by atoms with Crippen LogP contribution in [0, 0.1) is 0 Å². The molecule has 1 saturated carbocycles. The van der Waals surface area contributed by atoms with Crippen LogP contribution < -0.4 is 0 Å². The van der Waals surface area contributed by atoms with Crippen molar-refractivity contribution < 1.29 is 13.2 Å². The summed E-state index contributed by atoms with van der Waals surface area (Å²) in [5, 5.41) is 0.0251. The van der Waals surface area contributed by atoms with E-state index in [0.717, 1.165) is 31.7 Å². The Hall–Kier alpha value is -0.490. The first kappa shape index (κ1) is 16.9. The van der Waals surface area contributed by atoms with Gasteiger partial charge in [-0.3, -0.25) is 4.79 Å². The molecule has 0 aliphatic heterocycles. The summed E-state index contributed by atoms with van der Waals surface area (Å²) in [6.45, 7) is 0. The summed E-state index contributed by atoms with van der Waals surface area (Å²) in [5.74, 6) is -0.351. The van der Waals surface area contributed by atoms with Crippen molar-refractivity contribution in [3.8, 4) is 0 Å². The van der Waals surface area contributed by atoms with Gasteiger partial charge in [-0.1, -0.05) is 36.0 Å². The monoisotopic (exact) mass is 369 g/mol. The quantitative estimate of drug-likeness (QED) is 0.757. The number of carbonyl (C=O) groups is 1. The minimum absolute atomic E-state index is 0.0124. The van der Waals surface area contributed by atoms with E-state index in [-0.39, 0.29) is 32.5 Å². The molecule has 21 heavy (non-hydrogen) atoms. The molecule has 0 radical (unpaired) electrons. The predicted molar refractivity (Wildman–Crippen MR) is 83.9 cm³/mol.